The molecule has 2 N–H and O–H groups in total. The Balaban J connectivity index is 1.59. The van der Waals surface area contributed by atoms with Crippen LogP contribution < -0.4 is 0 Å². The van der Waals surface area contributed by atoms with Crippen molar-refractivity contribution in [2.45, 2.75) is 63.5 Å². The molecule has 160 valence electrons. The lowest BCUT2D eigenvalue weighted by atomic mass is 9.93. The first-order valence-corrected chi connectivity index (χ1v) is 10.8. The highest BCUT2D eigenvalue weighted by Gasteiger charge is 2.34. The minimum Gasteiger partial charge on any atom is -0.506 e. The number of H-pyrrole nitrogens is 1. The number of aromatic nitrogens is 3. The minimum absolute atomic E-state index is 0.0392. The maximum Gasteiger partial charge on any atom is 0.257 e. The van der Waals surface area contributed by atoms with Gasteiger partial charge in [0.25, 0.3) is 11.8 Å². The third-order valence-electron chi connectivity index (χ3n) is 6.41. The molecule has 4 rings (SSSR count). The Hall–Kier alpha value is -2.90. The molecule has 1 saturated heterocycles. The van der Waals surface area contributed by atoms with Gasteiger partial charge in [-0.25, -0.2) is 0 Å². The van der Waals surface area contributed by atoms with Crippen LogP contribution in [0.5, 0.6) is 5.75 Å². The van der Waals surface area contributed by atoms with E-state index in [9.17, 15) is 14.7 Å². The van der Waals surface area contributed by atoms with E-state index in [1.54, 1.807) is 11.1 Å². The number of likely N-dealkylation sites (tertiary alicyclic amines) is 1. The zero-order valence-corrected chi connectivity index (χ0v) is 17.4. The maximum atomic E-state index is 13.3. The highest BCUT2D eigenvalue weighted by molar-refractivity contribution is 5.97. The van der Waals surface area contributed by atoms with E-state index in [0.29, 0.717) is 23.4 Å². The Morgan fingerprint density at radius 2 is 1.87 bits per heavy atom. The van der Waals surface area contributed by atoms with Crippen LogP contribution >= 0.6 is 0 Å². The van der Waals surface area contributed by atoms with Gasteiger partial charge in [0.1, 0.15) is 5.75 Å². The van der Waals surface area contributed by atoms with Crippen molar-refractivity contribution < 1.29 is 14.7 Å². The predicted octanol–water partition coefficient (Wildman–Crippen LogP) is 3.28. The van der Waals surface area contributed by atoms with E-state index in [2.05, 4.69) is 15.2 Å². The van der Waals surface area contributed by atoms with Crippen molar-refractivity contribution in [3.8, 4) is 5.75 Å². The van der Waals surface area contributed by atoms with Crippen molar-refractivity contribution in [1.82, 2.24) is 25.0 Å². The molecule has 2 aliphatic rings. The molecule has 0 radical (unpaired) electrons. The van der Waals surface area contributed by atoms with Crippen molar-refractivity contribution in [1.29, 1.82) is 0 Å². The SMILES string of the molecule is CN(C(=O)c1cn[nH]c1C1CCCCN1C(=O)c1cncc(O)c1)C1CCCCC1. The molecule has 8 heteroatoms. The van der Waals surface area contributed by atoms with Gasteiger partial charge >= 0.3 is 0 Å². The van der Waals surface area contributed by atoms with Crippen molar-refractivity contribution in [2.24, 2.45) is 0 Å². The van der Waals surface area contributed by atoms with Gasteiger partial charge in [0.2, 0.25) is 0 Å². The highest BCUT2D eigenvalue weighted by atomic mass is 16.3. The first-order chi connectivity index (χ1) is 14.6. The standard InChI is InChI=1S/C22H29N5O3/c1-26(16-7-3-2-4-8-16)22(30)18-14-24-25-20(18)19-9-5-6-10-27(19)21(29)15-11-17(28)13-23-12-15/h11-14,16,19,28H,2-10H2,1H3,(H,24,25). The van der Waals surface area contributed by atoms with Crippen LogP contribution in [0, 0.1) is 0 Å². The van der Waals surface area contributed by atoms with Gasteiger partial charge in [0.05, 0.1) is 35.3 Å². The predicted molar refractivity (Wildman–Crippen MR) is 111 cm³/mol. The fourth-order valence-corrected chi connectivity index (χ4v) is 4.73. The summed E-state index contributed by atoms with van der Waals surface area (Å²) in [5.41, 5.74) is 1.58. The van der Waals surface area contributed by atoms with Crippen molar-refractivity contribution >= 4 is 11.8 Å². The summed E-state index contributed by atoms with van der Waals surface area (Å²) >= 11 is 0. The molecule has 0 bridgehead atoms. The molecule has 1 aliphatic carbocycles. The number of hydrogen-bond acceptors (Lipinski definition) is 5. The molecule has 2 aromatic rings. The Morgan fingerprint density at radius 3 is 2.63 bits per heavy atom. The fraction of sp³-hybridized carbons (Fsp3) is 0.545. The number of pyridine rings is 1. The molecule has 3 heterocycles. The van der Waals surface area contributed by atoms with Gasteiger partial charge in [-0.2, -0.15) is 5.10 Å². The molecular weight excluding hydrogens is 382 g/mol. The number of piperidine rings is 1. The summed E-state index contributed by atoms with van der Waals surface area (Å²) in [4.78, 5) is 34.0. The number of amides is 2. The van der Waals surface area contributed by atoms with Gasteiger partial charge in [-0.05, 0) is 38.2 Å². The second-order valence-corrected chi connectivity index (χ2v) is 8.35. The Labute approximate surface area is 176 Å². The molecule has 0 aromatic carbocycles. The van der Waals surface area contributed by atoms with E-state index in [4.69, 9.17) is 0 Å². The Bertz CT molecular complexity index is 906. The van der Waals surface area contributed by atoms with E-state index < -0.39 is 0 Å². The molecule has 30 heavy (non-hydrogen) atoms. The Morgan fingerprint density at radius 1 is 1.10 bits per heavy atom. The van der Waals surface area contributed by atoms with E-state index in [0.717, 1.165) is 44.9 Å². The lowest BCUT2D eigenvalue weighted by Crippen LogP contribution is -2.41. The number of nitrogens with one attached hydrogen (secondary N) is 1. The number of rotatable bonds is 4. The second kappa shape index (κ2) is 8.85. The first kappa shape index (κ1) is 20.4. The van der Waals surface area contributed by atoms with Crippen LogP contribution in [0.2, 0.25) is 0 Å². The third kappa shape index (κ3) is 4.04. The number of carbonyl (C=O) groups is 2. The lowest BCUT2D eigenvalue weighted by molar-refractivity contribution is 0.0591. The van der Waals surface area contributed by atoms with Crippen LogP contribution in [0.15, 0.2) is 24.7 Å². The van der Waals surface area contributed by atoms with Gasteiger partial charge in [0, 0.05) is 25.8 Å². The number of aromatic hydroxyl groups is 1. The number of nitrogens with zero attached hydrogens (tertiary/aromatic N) is 4. The molecule has 8 nitrogen and oxygen atoms in total. The van der Waals surface area contributed by atoms with Gasteiger partial charge in [-0.3, -0.25) is 19.7 Å². The van der Waals surface area contributed by atoms with Gasteiger partial charge in [-0.1, -0.05) is 19.3 Å². The minimum atomic E-state index is -0.255. The molecule has 1 unspecified atom stereocenters. The lowest BCUT2D eigenvalue weighted by Gasteiger charge is -2.36. The third-order valence-corrected chi connectivity index (χ3v) is 6.41. The average Bonchev–Trinajstić information content (AvgIpc) is 3.28. The maximum absolute atomic E-state index is 13.3. The van der Waals surface area contributed by atoms with Crippen LogP contribution in [0.1, 0.15) is 83.8 Å². The molecule has 1 saturated carbocycles. The van der Waals surface area contributed by atoms with E-state index >= 15 is 0 Å². The molecule has 2 aromatic heterocycles. The van der Waals surface area contributed by atoms with Crippen LogP contribution in [0.25, 0.3) is 0 Å². The van der Waals surface area contributed by atoms with Crippen molar-refractivity contribution in [2.75, 3.05) is 13.6 Å². The van der Waals surface area contributed by atoms with Crippen LogP contribution in [-0.4, -0.2) is 61.5 Å². The summed E-state index contributed by atoms with van der Waals surface area (Å²) in [6.07, 6.45) is 12.6. The molecule has 2 fully saturated rings. The zero-order valence-electron chi connectivity index (χ0n) is 17.4. The highest BCUT2D eigenvalue weighted by Crippen LogP contribution is 2.34. The summed E-state index contributed by atoms with van der Waals surface area (Å²) < 4.78 is 0. The van der Waals surface area contributed by atoms with Gasteiger partial charge in [-0.15, -0.1) is 0 Å². The van der Waals surface area contributed by atoms with Gasteiger partial charge in [0.15, 0.2) is 0 Å². The van der Waals surface area contributed by atoms with Crippen LogP contribution in [-0.2, 0) is 0 Å². The van der Waals surface area contributed by atoms with E-state index in [-0.39, 0.29) is 29.6 Å². The number of hydrogen-bond donors (Lipinski definition) is 2. The average molecular weight is 412 g/mol. The summed E-state index contributed by atoms with van der Waals surface area (Å²) in [6.45, 7) is 0.588. The van der Waals surface area contributed by atoms with E-state index in [1.807, 2.05) is 11.9 Å². The Kier molecular flexibility index (Phi) is 6.01. The number of aromatic amines is 1. The molecule has 1 atom stereocenters. The summed E-state index contributed by atoms with van der Waals surface area (Å²) in [5, 5.41) is 16.9. The quantitative estimate of drug-likeness (QED) is 0.804. The molecule has 2 amide bonds. The summed E-state index contributed by atoms with van der Waals surface area (Å²) in [5.74, 6) is -0.277. The van der Waals surface area contributed by atoms with Crippen molar-refractivity contribution in [3.63, 3.8) is 0 Å². The molecule has 1 aliphatic heterocycles. The van der Waals surface area contributed by atoms with Crippen molar-refractivity contribution in [3.05, 3.63) is 41.5 Å². The zero-order chi connectivity index (χ0) is 21.1. The van der Waals surface area contributed by atoms with Crippen LogP contribution in [0.4, 0.5) is 0 Å². The number of carbonyl (C=O) groups excluding carboxylic acids is 2. The largest absolute Gasteiger partial charge is 0.506 e. The smallest absolute Gasteiger partial charge is 0.257 e. The fourth-order valence-electron chi connectivity index (χ4n) is 4.73. The van der Waals surface area contributed by atoms with Crippen LogP contribution in [0.3, 0.4) is 0 Å². The molecule has 0 spiro atoms. The molecular formula is C22H29N5O3. The topological polar surface area (TPSA) is 102 Å². The normalized spacial score (nSPS) is 20.2. The van der Waals surface area contributed by atoms with E-state index in [1.165, 1.54) is 24.9 Å². The summed E-state index contributed by atoms with van der Waals surface area (Å²) in [7, 11) is 1.87. The van der Waals surface area contributed by atoms with Gasteiger partial charge < -0.3 is 14.9 Å². The first-order valence-electron chi connectivity index (χ1n) is 10.8. The monoisotopic (exact) mass is 411 g/mol. The summed E-state index contributed by atoms with van der Waals surface area (Å²) in [6, 6.07) is 1.43. The second-order valence-electron chi connectivity index (χ2n) is 8.35.